The molecule has 0 radical (unpaired) electrons. The number of benzene rings is 2. The summed E-state index contributed by atoms with van der Waals surface area (Å²) in [5.74, 6) is -0.945. The van der Waals surface area contributed by atoms with Gasteiger partial charge in [-0.3, -0.25) is 4.79 Å². The second-order valence-corrected chi connectivity index (χ2v) is 8.08. The Bertz CT molecular complexity index is 871. The quantitative estimate of drug-likeness (QED) is 0.843. The highest BCUT2D eigenvalue weighted by molar-refractivity contribution is 7.89. The van der Waals surface area contributed by atoms with Gasteiger partial charge in [0.2, 0.25) is 10.0 Å². The van der Waals surface area contributed by atoms with Crippen LogP contribution in [-0.2, 0) is 14.8 Å². The topological polar surface area (TPSA) is 83.5 Å². The van der Waals surface area contributed by atoms with Crippen molar-refractivity contribution >= 4 is 16.0 Å². The molecular weight excluding hydrogens is 326 g/mol. The molecule has 2 N–H and O–H groups in total. The second kappa shape index (κ2) is 6.03. The Balaban J connectivity index is 1.88. The number of sulfonamides is 1. The van der Waals surface area contributed by atoms with Gasteiger partial charge in [0.15, 0.2) is 0 Å². The van der Waals surface area contributed by atoms with Gasteiger partial charge in [0.1, 0.15) is 0 Å². The highest BCUT2D eigenvalue weighted by Crippen LogP contribution is 2.45. The molecule has 0 heterocycles. The number of aryl methyl sites for hydroxylation is 1. The van der Waals surface area contributed by atoms with Gasteiger partial charge in [-0.25, -0.2) is 13.1 Å². The lowest BCUT2D eigenvalue weighted by molar-refractivity contribution is -0.143. The van der Waals surface area contributed by atoms with Gasteiger partial charge in [-0.05, 0) is 48.6 Å². The minimum Gasteiger partial charge on any atom is -0.481 e. The maximum absolute atomic E-state index is 12.6. The molecule has 24 heavy (non-hydrogen) atoms. The van der Waals surface area contributed by atoms with E-state index in [1.165, 1.54) is 0 Å². The first-order valence-corrected chi connectivity index (χ1v) is 9.21. The summed E-state index contributed by atoms with van der Waals surface area (Å²) in [6, 6.07) is 14.7. The zero-order valence-electron chi connectivity index (χ0n) is 13.3. The first-order chi connectivity index (χ1) is 11.3. The Labute approximate surface area is 141 Å². The van der Waals surface area contributed by atoms with Gasteiger partial charge in [-0.2, -0.15) is 0 Å². The van der Waals surface area contributed by atoms with E-state index < -0.39 is 21.4 Å². The summed E-state index contributed by atoms with van der Waals surface area (Å²) in [5, 5.41) is 9.17. The van der Waals surface area contributed by atoms with Gasteiger partial charge in [-0.15, -0.1) is 0 Å². The van der Waals surface area contributed by atoms with Crippen LogP contribution in [0, 0.1) is 12.3 Å². The number of rotatable bonds is 6. The zero-order chi connectivity index (χ0) is 17.4. The number of carboxylic acid groups (broad SMARTS) is 1. The molecule has 1 aliphatic rings. The van der Waals surface area contributed by atoms with Gasteiger partial charge in [-0.1, -0.05) is 36.4 Å². The van der Waals surface area contributed by atoms with E-state index in [0.29, 0.717) is 12.8 Å². The van der Waals surface area contributed by atoms with E-state index in [1.54, 1.807) is 12.1 Å². The van der Waals surface area contributed by atoms with E-state index in [9.17, 15) is 18.3 Å². The summed E-state index contributed by atoms with van der Waals surface area (Å²) < 4.78 is 27.6. The van der Waals surface area contributed by atoms with Crippen LogP contribution in [0.5, 0.6) is 0 Å². The highest BCUT2D eigenvalue weighted by Gasteiger charge is 2.50. The fraction of sp³-hybridized carbons (Fsp3) is 0.278. The first kappa shape index (κ1) is 16.7. The van der Waals surface area contributed by atoms with Crippen molar-refractivity contribution in [2.45, 2.75) is 24.7 Å². The number of nitrogens with one attached hydrogen (secondary N) is 1. The summed E-state index contributed by atoms with van der Waals surface area (Å²) in [5.41, 5.74) is 1.65. The third-order valence-electron chi connectivity index (χ3n) is 4.38. The van der Waals surface area contributed by atoms with E-state index in [2.05, 4.69) is 4.72 Å². The molecule has 0 aromatic heterocycles. The van der Waals surface area contributed by atoms with Crippen LogP contribution in [0.1, 0.15) is 18.4 Å². The van der Waals surface area contributed by atoms with Crippen molar-refractivity contribution in [3.8, 4) is 11.1 Å². The van der Waals surface area contributed by atoms with Crippen LogP contribution in [0.3, 0.4) is 0 Å². The number of carboxylic acids is 1. The Morgan fingerprint density at radius 1 is 1.12 bits per heavy atom. The third kappa shape index (κ3) is 3.34. The number of hydrogen-bond acceptors (Lipinski definition) is 3. The fourth-order valence-corrected chi connectivity index (χ4v) is 3.89. The van der Waals surface area contributed by atoms with E-state index in [1.807, 2.05) is 43.3 Å². The average molecular weight is 345 g/mol. The van der Waals surface area contributed by atoms with Crippen LogP contribution >= 0.6 is 0 Å². The Morgan fingerprint density at radius 3 is 2.38 bits per heavy atom. The molecule has 0 atom stereocenters. The van der Waals surface area contributed by atoms with E-state index in [0.717, 1.165) is 16.7 Å². The van der Waals surface area contributed by atoms with Crippen LogP contribution in [-0.4, -0.2) is 26.0 Å². The standard InChI is InChI=1S/C18H19NO4S/c1-13-9-15(14-5-3-2-4-6-14)11-16(10-13)24(22,23)19-12-18(7-8-18)17(20)21/h2-6,9-11,19H,7-8,12H2,1H3,(H,20,21). The summed E-state index contributed by atoms with van der Waals surface area (Å²) in [6.07, 6.45) is 1.02. The minimum absolute atomic E-state index is 0.0702. The Morgan fingerprint density at radius 2 is 1.79 bits per heavy atom. The predicted molar refractivity (Wildman–Crippen MR) is 91.1 cm³/mol. The molecule has 1 fully saturated rings. The van der Waals surface area contributed by atoms with Crippen LogP contribution in [0.4, 0.5) is 0 Å². The molecule has 0 aliphatic heterocycles. The Kier molecular flexibility index (Phi) is 4.19. The highest BCUT2D eigenvalue weighted by atomic mass is 32.2. The van der Waals surface area contributed by atoms with Crippen LogP contribution < -0.4 is 4.72 Å². The summed E-state index contributed by atoms with van der Waals surface area (Å²) in [4.78, 5) is 11.4. The summed E-state index contributed by atoms with van der Waals surface area (Å²) >= 11 is 0. The van der Waals surface area contributed by atoms with Crippen molar-refractivity contribution in [2.75, 3.05) is 6.54 Å². The minimum atomic E-state index is -3.75. The van der Waals surface area contributed by atoms with Crippen molar-refractivity contribution in [3.63, 3.8) is 0 Å². The SMILES string of the molecule is Cc1cc(-c2ccccc2)cc(S(=O)(=O)NCC2(C(=O)O)CC2)c1. The molecular formula is C18H19NO4S. The molecule has 6 heteroatoms. The molecule has 1 saturated carbocycles. The predicted octanol–water partition coefficient (Wildman–Crippen LogP) is 2.81. The van der Waals surface area contributed by atoms with E-state index in [4.69, 9.17) is 0 Å². The van der Waals surface area contributed by atoms with E-state index in [-0.39, 0.29) is 11.4 Å². The normalized spacial score (nSPS) is 15.9. The van der Waals surface area contributed by atoms with Gasteiger partial charge in [0.25, 0.3) is 0 Å². The summed E-state index contributed by atoms with van der Waals surface area (Å²) in [6.45, 7) is 1.77. The molecule has 0 amide bonds. The molecule has 0 unspecified atom stereocenters. The largest absolute Gasteiger partial charge is 0.481 e. The van der Waals surface area contributed by atoms with Crippen molar-refractivity contribution in [1.82, 2.24) is 4.72 Å². The van der Waals surface area contributed by atoms with Gasteiger partial charge in [0, 0.05) is 6.54 Å². The average Bonchev–Trinajstić information content (AvgIpc) is 3.35. The lowest BCUT2D eigenvalue weighted by atomic mass is 10.0. The second-order valence-electron chi connectivity index (χ2n) is 6.31. The van der Waals surface area contributed by atoms with Gasteiger partial charge < -0.3 is 5.11 Å². The fourth-order valence-electron chi connectivity index (χ4n) is 2.63. The van der Waals surface area contributed by atoms with E-state index >= 15 is 0 Å². The summed E-state index contributed by atoms with van der Waals surface area (Å²) in [7, 11) is -3.75. The molecule has 0 spiro atoms. The van der Waals surface area contributed by atoms with Gasteiger partial charge in [0.05, 0.1) is 10.3 Å². The van der Waals surface area contributed by atoms with Crippen LogP contribution in [0.15, 0.2) is 53.4 Å². The lowest BCUT2D eigenvalue weighted by Crippen LogP contribution is -2.34. The maximum Gasteiger partial charge on any atom is 0.310 e. The van der Waals surface area contributed by atoms with Crippen LogP contribution in [0.2, 0.25) is 0 Å². The molecule has 0 bridgehead atoms. The monoisotopic (exact) mass is 345 g/mol. The molecule has 0 saturated heterocycles. The number of aliphatic carboxylic acids is 1. The smallest absolute Gasteiger partial charge is 0.310 e. The first-order valence-electron chi connectivity index (χ1n) is 7.73. The maximum atomic E-state index is 12.6. The zero-order valence-corrected chi connectivity index (χ0v) is 14.1. The van der Waals surface area contributed by atoms with Gasteiger partial charge >= 0.3 is 5.97 Å². The number of hydrogen-bond donors (Lipinski definition) is 2. The molecule has 2 aromatic rings. The number of carbonyl (C=O) groups is 1. The van der Waals surface area contributed by atoms with Crippen molar-refractivity contribution in [2.24, 2.45) is 5.41 Å². The molecule has 3 rings (SSSR count). The Hall–Kier alpha value is -2.18. The van der Waals surface area contributed by atoms with Crippen molar-refractivity contribution in [3.05, 3.63) is 54.1 Å². The molecule has 5 nitrogen and oxygen atoms in total. The molecule has 2 aromatic carbocycles. The van der Waals surface area contributed by atoms with Crippen LogP contribution in [0.25, 0.3) is 11.1 Å². The third-order valence-corrected chi connectivity index (χ3v) is 5.76. The van der Waals surface area contributed by atoms with Crippen molar-refractivity contribution < 1.29 is 18.3 Å². The molecule has 126 valence electrons. The molecule has 1 aliphatic carbocycles. The lowest BCUT2D eigenvalue weighted by Gasteiger charge is -2.13. The van der Waals surface area contributed by atoms with Crippen molar-refractivity contribution in [1.29, 1.82) is 0 Å².